The second-order valence-corrected chi connectivity index (χ2v) is 8.93. The van der Waals surface area contributed by atoms with Gasteiger partial charge in [0.15, 0.2) is 0 Å². The Morgan fingerprint density at radius 2 is 1.12 bits per heavy atom. The summed E-state index contributed by atoms with van der Waals surface area (Å²) < 4.78 is 5.86. The molecule has 0 N–H and O–H groups in total. The zero-order chi connectivity index (χ0) is 17.5. The molecule has 2 nitrogen and oxygen atoms in total. The van der Waals surface area contributed by atoms with E-state index in [1.807, 2.05) is 0 Å². The van der Waals surface area contributed by atoms with Crippen molar-refractivity contribution >= 4 is 5.97 Å². The molecule has 3 aliphatic carbocycles. The predicted molar refractivity (Wildman–Crippen MR) is 103 cm³/mol. The Balaban J connectivity index is 1.90. The molecular weight excluding hydrogens is 308 g/mol. The minimum absolute atomic E-state index is 0.216. The van der Waals surface area contributed by atoms with E-state index >= 15 is 0 Å². The van der Waals surface area contributed by atoms with E-state index in [0.717, 1.165) is 17.8 Å². The lowest BCUT2D eigenvalue weighted by Gasteiger charge is -2.54. The molecule has 0 spiro atoms. The maximum absolute atomic E-state index is 12.0. The Labute approximate surface area is 154 Å². The van der Waals surface area contributed by atoms with E-state index in [1.165, 1.54) is 102 Å². The van der Waals surface area contributed by atoms with Gasteiger partial charge in [0, 0.05) is 11.5 Å². The topological polar surface area (TPSA) is 26.3 Å². The first kappa shape index (κ1) is 19.0. The van der Waals surface area contributed by atoms with Crippen LogP contribution in [0.2, 0.25) is 0 Å². The summed E-state index contributed by atoms with van der Waals surface area (Å²) in [6, 6.07) is 0. The lowest BCUT2D eigenvalue weighted by molar-refractivity contribution is -0.153. The smallest absolute Gasteiger partial charge is 0.330 e. The van der Waals surface area contributed by atoms with Crippen molar-refractivity contribution in [3.63, 3.8) is 0 Å². The molecular formula is C23H38O2. The Bertz CT molecular complexity index is 378. The molecule has 3 rings (SSSR count). The lowest BCUT2D eigenvalue weighted by atomic mass is 9.51. The van der Waals surface area contributed by atoms with Crippen LogP contribution in [0.4, 0.5) is 0 Å². The molecule has 0 radical (unpaired) electrons. The van der Waals surface area contributed by atoms with Gasteiger partial charge in [0.1, 0.15) is 0 Å². The summed E-state index contributed by atoms with van der Waals surface area (Å²) >= 11 is 0. The second-order valence-electron chi connectivity index (χ2n) is 8.93. The molecule has 0 aromatic heterocycles. The number of ether oxygens (including phenoxy) is 1. The highest BCUT2D eigenvalue weighted by Gasteiger charge is 2.51. The molecule has 2 heteroatoms. The monoisotopic (exact) mass is 346 g/mol. The third kappa shape index (κ3) is 4.31. The highest BCUT2D eigenvalue weighted by molar-refractivity contribution is 5.81. The van der Waals surface area contributed by atoms with Crippen molar-refractivity contribution in [3.8, 4) is 0 Å². The van der Waals surface area contributed by atoms with Gasteiger partial charge in [-0.05, 0) is 56.3 Å². The number of hydrogen-bond acceptors (Lipinski definition) is 2. The molecule has 0 amide bonds. The highest BCUT2D eigenvalue weighted by Crippen LogP contribution is 2.56. The zero-order valence-corrected chi connectivity index (χ0v) is 16.1. The number of rotatable bonds is 6. The maximum Gasteiger partial charge on any atom is 0.330 e. The first-order chi connectivity index (χ1) is 12.3. The molecule has 3 saturated carbocycles. The number of esters is 1. The van der Waals surface area contributed by atoms with Crippen LogP contribution in [0, 0.1) is 23.2 Å². The van der Waals surface area contributed by atoms with Crippen molar-refractivity contribution in [1.82, 2.24) is 0 Å². The van der Waals surface area contributed by atoms with Crippen LogP contribution in [0.5, 0.6) is 0 Å². The molecule has 3 aliphatic rings. The third-order valence-corrected chi connectivity index (χ3v) is 7.73. The molecule has 0 saturated heterocycles. The maximum atomic E-state index is 12.0. The number of carbonyl (C=O) groups excluding carboxylic acids is 1. The van der Waals surface area contributed by atoms with Gasteiger partial charge < -0.3 is 4.74 Å². The molecule has 0 unspecified atom stereocenters. The Hall–Kier alpha value is -0.790. The van der Waals surface area contributed by atoms with E-state index in [4.69, 9.17) is 4.74 Å². The average Bonchev–Trinajstić information content (AvgIpc) is 2.71. The van der Waals surface area contributed by atoms with E-state index in [9.17, 15) is 4.79 Å². The average molecular weight is 347 g/mol. The predicted octanol–water partition coefficient (Wildman–Crippen LogP) is 6.44. The quantitative estimate of drug-likeness (QED) is 0.408. The van der Waals surface area contributed by atoms with Crippen molar-refractivity contribution in [1.29, 1.82) is 0 Å². The fraction of sp³-hybridized carbons (Fsp3) is 0.870. The minimum Gasteiger partial charge on any atom is -0.462 e. The van der Waals surface area contributed by atoms with Gasteiger partial charge >= 0.3 is 5.97 Å². The van der Waals surface area contributed by atoms with Crippen LogP contribution in [0.15, 0.2) is 12.7 Å². The molecule has 0 heterocycles. The van der Waals surface area contributed by atoms with Crippen molar-refractivity contribution < 1.29 is 9.53 Å². The molecule has 0 aromatic carbocycles. The fourth-order valence-corrected chi connectivity index (χ4v) is 6.53. The van der Waals surface area contributed by atoms with Crippen LogP contribution in [0.1, 0.15) is 96.3 Å². The van der Waals surface area contributed by atoms with Crippen LogP contribution in [0.25, 0.3) is 0 Å². The summed E-state index contributed by atoms with van der Waals surface area (Å²) in [6.07, 6.45) is 22.0. The molecule has 0 atom stereocenters. The lowest BCUT2D eigenvalue weighted by Crippen LogP contribution is -2.50. The van der Waals surface area contributed by atoms with Gasteiger partial charge in [0.2, 0.25) is 0 Å². The van der Waals surface area contributed by atoms with Gasteiger partial charge in [-0.1, -0.05) is 64.4 Å². The Kier molecular flexibility index (Phi) is 7.01. The SMILES string of the molecule is C=CC(=O)OCC(C1CCCCC1)(C1CCCCC1)C1CCCCC1. The van der Waals surface area contributed by atoms with Gasteiger partial charge in [0.05, 0.1) is 6.61 Å². The van der Waals surface area contributed by atoms with Crippen molar-refractivity contribution in [2.24, 2.45) is 23.2 Å². The van der Waals surface area contributed by atoms with E-state index in [1.54, 1.807) is 0 Å². The van der Waals surface area contributed by atoms with Gasteiger partial charge in [-0.3, -0.25) is 0 Å². The number of hydrogen-bond donors (Lipinski definition) is 0. The molecule has 0 bridgehead atoms. The van der Waals surface area contributed by atoms with Crippen molar-refractivity contribution in [3.05, 3.63) is 12.7 Å². The van der Waals surface area contributed by atoms with Gasteiger partial charge in [-0.25, -0.2) is 4.79 Å². The standard InChI is InChI=1S/C23H38O2/c1-2-22(24)25-18-23(19-12-6-3-7-13-19,20-14-8-4-9-15-20)21-16-10-5-11-17-21/h2,19-21H,1,3-18H2. The summed E-state index contributed by atoms with van der Waals surface area (Å²) in [6.45, 7) is 4.29. The summed E-state index contributed by atoms with van der Waals surface area (Å²) in [7, 11) is 0. The second kappa shape index (κ2) is 9.24. The van der Waals surface area contributed by atoms with Crippen LogP contribution >= 0.6 is 0 Å². The molecule has 25 heavy (non-hydrogen) atoms. The van der Waals surface area contributed by atoms with Gasteiger partial charge in [-0.2, -0.15) is 0 Å². The summed E-state index contributed by atoms with van der Waals surface area (Å²) in [5, 5.41) is 0. The molecule has 3 fully saturated rings. The minimum atomic E-state index is -0.216. The number of carbonyl (C=O) groups is 1. The molecule has 0 aromatic rings. The fourth-order valence-electron chi connectivity index (χ4n) is 6.53. The summed E-state index contributed by atoms with van der Waals surface area (Å²) in [5.74, 6) is 2.09. The van der Waals surface area contributed by atoms with Crippen molar-refractivity contribution in [2.45, 2.75) is 96.3 Å². The van der Waals surface area contributed by atoms with E-state index in [-0.39, 0.29) is 11.4 Å². The largest absolute Gasteiger partial charge is 0.462 e. The van der Waals surface area contributed by atoms with Crippen molar-refractivity contribution in [2.75, 3.05) is 6.61 Å². The van der Waals surface area contributed by atoms with Crippen LogP contribution < -0.4 is 0 Å². The van der Waals surface area contributed by atoms with Crippen LogP contribution in [0.3, 0.4) is 0 Å². The van der Waals surface area contributed by atoms with Crippen LogP contribution in [-0.2, 0) is 9.53 Å². The Morgan fingerprint density at radius 1 is 0.760 bits per heavy atom. The van der Waals surface area contributed by atoms with E-state index < -0.39 is 0 Å². The van der Waals surface area contributed by atoms with E-state index in [0.29, 0.717) is 6.61 Å². The first-order valence-corrected chi connectivity index (χ1v) is 11.1. The van der Waals surface area contributed by atoms with Crippen LogP contribution in [-0.4, -0.2) is 12.6 Å². The third-order valence-electron chi connectivity index (χ3n) is 7.73. The molecule has 0 aliphatic heterocycles. The van der Waals surface area contributed by atoms with E-state index in [2.05, 4.69) is 6.58 Å². The molecule has 142 valence electrons. The summed E-state index contributed by atoms with van der Waals surface area (Å²) in [5.41, 5.74) is 0.250. The first-order valence-electron chi connectivity index (χ1n) is 11.1. The summed E-state index contributed by atoms with van der Waals surface area (Å²) in [4.78, 5) is 12.0. The highest BCUT2D eigenvalue weighted by atomic mass is 16.5. The Morgan fingerprint density at radius 3 is 1.44 bits per heavy atom. The van der Waals surface area contributed by atoms with Gasteiger partial charge in [-0.15, -0.1) is 0 Å². The normalized spacial score (nSPS) is 24.8. The van der Waals surface area contributed by atoms with Gasteiger partial charge in [0.25, 0.3) is 0 Å². The zero-order valence-electron chi connectivity index (χ0n) is 16.1.